The van der Waals surface area contributed by atoms with E-state index in [0.29, 0.717) is 5.78 Å². The van der Waals surface area contributed by atoms with E-state index in [1.54, 1.807) is 0 Å². The van der Waals surface area contributed by atoms with Crippen LogP contribution in [0.5, 0.6) is 0 Å². The van der Waals surface area contributed by atoms with Crippen molar-refractivity contribution in [3.8, 4) is 0 Å². The molecule has 0 aliphatic carbocycles. The summed E-state index contributed by atoms with van der Waals surface area (Å²) >= 11 is 1.83. The molecule has 1 fully saturated rings. The van der Waals surface area contributed by atoms with Gasteiger partial charge >= 0.3 is 0 Å². The van der Waals surface area contributed by atoms with Crippen LogP contribution in [-0.2, 0) is 0 Å². The second-order valence-electron chi connectivity index (χ2n) is 4.03. The van der Waals surface area contributed by atoms with Gasteiger partial charge in [0.2, 0.25) is 0 Å². The molecule has 1 unspecified atom stereocenters. The van der Waals surface area contributed by atoms with Crippen molar-refractivity contribution in [2.75, 3.05) is 5.75 Å². The van der Waals surface area contributed by atoms with E-state index in [2.05, 4.69) is 0 Å². The lowest BCUT2D eigenvalue weighted by Gasteiger charge is -2.20. The molecule has 1 nitrogen and oxygen atoms in total. The first-order chi connectivity index (χ1) is 7.29. The molecule has 1 aliphatic heterocycles. The minimum atomic E-state index is 0.208. The number of rotatable bonds is 2. The summed E-state index contributed by atoms with van der Waals surface area (Å²) in [5.41, 5.74) is 2.02. The molecule has 0 radical (unpaired) electrons. The molecular weight excluding hydrogens is 204 g/mol. The smallest absolute Gasteiger partial charge is 0.176 e. The Labute approximate surface area is 95.3 Å². The van der Waals surface area contributed by atoms with Crippen molar-refractivity contribution in [1.29, 1.82) is 0 Å². The molecule has 80 valence electrons. The Morgan fingerprint density at radius 1 is 1.33 bits per heavy atom. The molecule has 2 heteroatoms. The molecule has 0 bridgehead atoms. The Morgan fingerprint density at radius 2 is 2.13 bits per heavy atom. The van der Waals surface area contributed by atoms with Gasteiger partial charge in [0.05, 0.1) is 5.25 Å². The molecule has 0 aromatic heterocycles. The number of carbonyl (C=O) groups is 1. The first-order valence-electron chi connectivity index (χ1n) is 5.50. The van der Waals surface area contributed by atoms with Gasteiger partial charge in [0.1, 0.15) is 0 Å². The van der Waals surface area contributed by atoms with Crippen LogP contribution in [0.1, 0.15) is 35.2 Å². The number of aryl methyl sites for hydroxylation is 1. The van der Waals surface area contributed by atoms with Gasteiger partial charge in [-0.05, 0) is 31.1 Å². The molecule has 1 aromatic rings. The highest BCUT2D eigenvalue weighted by Crippen LogP contribution is 2.28. The van der Waals surface area contributed by atoms with Crippen molar-refractivity contribution in [3.05, 3.63) is 35.4 Å². The van der Waals surface area contributed by atoms with Crippen LogP contribution in [0.15, 0.2) is 24.3 Å². The van der Waals surface area contributed by atoms with Crippen LogP contribution in [0, 0.1) is 6.92 Å². The molecule has 0 amide bonds. The third-order valence-electron chi connectivity index (χ3n) is 2.88. The summed E-state index contributed by atoms with van der Waals surface area (Å²) in [6.45, 7) is 2.01. The monoisotopic (exact) mass is 220 g/mol. The number of hydrogen-bond acceptors (Lipinski definition) is 2. The zero-order valence-corrected chi connectivity index (χ0v) is 9.85. The van der Waals surface area contributed by atoms with Gasteiger partial charge < -0.3 is 0 Å². The molecule has 2 rings (SSSR count). The van der Waals surface area contributed by atoms with Crippen LogP contribution in [0.4, 0.5) is 0 Å². The normalized spacial score (nSPS) is 21.3. The fourth-order valence-corrected chi connectivity index (χ4v) is 3.24. The Bertz CT molecular complexity index is 353. The highest BCUT2D eigenvalue weighted by molar-refractivity contribution is 8.00. The second-order valence-corrected chi connectivity index (χ2v) is 5.35. The van der Waals surface area contributed by atoms with Crippen LogP contribution in [0.25, 0.3) is 0 Å². The van der Waals surface area contributed by atoms with E-state index in [0.717, 1.165) is 23.3 Å². The molecular formula is C13H16OS. The lowest BCUT2D eigenvalue weighted by Crippen LogP contribution is -2.21. The number of hydrogen-bond donors (Lipinski definition) is 0. The first-order valence-corrected chi connectivity index (χ1v) is 6.55. The van der Waals surface area contributed by atoms with Crippen LogP contribution >= 0.6 is 11.8 Å². The van der Waals surface area contributed by atoms with Gasteiger partial charge in [-0.3, -0.25) is 4.79 Å². The van der Waals surface area contributed by atoms with Crippen LogP contribution in [0.3, 0.4) is 0 Å². The van der Waals surface area contributed by atoms with Gasteiger partial charge in [0.15, 0.2) is 5.78 Å². The first kappa shape index (κ1) is 10.7. The predicted octanol–water partition coefficient (Wildman–Crippen LogP) is 3.46. The van der Waals surface area contributed by atoms with Crippen LogP contribution < -0.4 is 0 Å². The zero-order chi connectivity index (χ0) is 10.7. The Hall–Kier alpha value is -0.760. The maximum atomic E-state index is 12.2. The third kappa shape index (κ3) is 2.43. The fourth-order valence-electron chi connectivity index (χ4n) is 1.97. The minimum absolute atomic E-state index is 0.208. The standard InChI is InChI=1S/C13H16OS/c1-10-6-2-3-7-11(10)13(14)12-8-4-5-9-15-12/h2-3,6-7,12H,4-5,8-9H2,1H3. The maximum absolute atomic E-state index is 12.2. The largest absolute Gasteiger partial charge is 0.293 e. The summed E-state index contributed by atoms with van der Waals surface area (Å²) < 4.78 is 0. The van der Waals surface area contributed by atoms with E-state index in [1.807, 2.05) is 43.0 Å². The topological polar surface area (TPSA) is 17.1 Å². The lowest BCUT2D eigenvalue weighted by molar-refractivity contribution is 0.0984. The van der Waals surface area contributed by atoms with Gasteiger partial charge in [-0.25, -0.2) is 0 Å². The molecule has 1 atom stereocenters. The van der Waals surface area contributed by atoms with E-state index in [-0.39, 0.29) is 5.25 Å². The summed E-state index contributed by atoms with van der Waals surface area (Å²) in [4.78, 5) is 12.2. The average Bonchev–Trinajstić information content (AvgIpc) is 2.30. The highest BCUT2D eigenvalue weighted by Gasteiger charge is 2.23. The Balaban J connectivity index is 2.16. The number of benzene rings is 1. The summed E-state index contributed by atoms with van der Waals surface area (Å²) in [6.07, 6.45) is 3.52. The second kappa shape index (κ2) is 4.84. The lowest BCUT2D eigenvalue weighted by atomic mass is 10.00. The van der Waals surface area contributed by atoms with Crippen LogP contribution in [-0.4, -0.2) is 16.8 Å². The molecule has 1 heterocycles. The van der Waals surface area contributed by atoms with Gasteiger partial charge in [-0.15, -0.1) is 0 Å². The number of carbonyl (C=O) groups excluding carboxylic acids is 1. The van der Waals surface area contributed by atoms with Crippen molar-refractivity contribution in [2.24, 2.45) is 0 Å². The molecule has 1 aliphatic rings. The van der Waals surface area contributed by atoms with Gasteiger partial charge in [-0.1, -0.05) is 30.7 Å². The van der Waals surface area contributed by atoms with E-state index in [4.69, 9.17) is 0 Å². The number of Topliss-reactive ketones (excluding diaryl/α,β-unsaturated/α-hetero) is 1. The molecule has 15 heavy (non-hydrogen) atoms. The van der Waals surface area contributed by atoms with E-state index in [9.17, 15) is 4.79 Å². The van der Waals surface area contributed by atoms with E-state index >= 15 is 0 Å². The fraction of sp³-hybridized carbons (Fsp3) is 0.462. The summed E-state index contributed by atoms with van der Waals surface area (Å²) in [7, 11) is 0. The minimum Gasteiger partial charge on any atom is -0.293 e. The van der Waals surface area contributed by atoms with Crippen molar-refractivity contribution in [3.63, 3.8) is 0 Å². The Kier molecular flexibility index (Phi) is 3.47. The average molecular weight is 220 g/mol. The predicted molar refractivity (Wildman–Crippen MR) is 65.6 cm³/mol. The van der Waals surface area contributed by atoms with Crippen molar-refractivity contribution >= 4 is 17.5 Å². The van der Waals surface area contributed by atoms with E-state index < -0.39 is 0 Å². The van der Waals surface area contributed by atoms with Gasteiger partial charge in [0, 0.05) is 5.56 Å². The summed E-state index contributed by atoms with van der Waals surface area (Å²) in [5, 5.41) is 0.208. The SMILES string of the molecule is Cc1ccccc1C(=O)C1CCCCS1. The number of thioether (sulfide) groups is 1. The van der Waals surface area contributed by atoms with Gasteiger partial charge in [0.25, 0.3) is 0 Å². The highest BCUT2D eigenvalue weighted by atomic mass is 32.2. The Morgan fingerprint density at radius 3 is 2.80 bits per heavy atom. The van der Waals surface area contributed by atoms with Crippen molar-refractivity contribution in [2.45, 2.75) is 31.4 Å². The van der Waals surface area contributed by atoms with Crippen molar-refractivity contribution < 1.29 is 4.79 Å². The van der Waals surface area contributed by atoms with Crippen molar-refractivity contribution in [1.82, 2.24) is 0 Å². The van der Waals surface area contributed by atoms with Crippen LogP contribution in [0.2, 0.25) is 0 Å². The maximum Gasteiger partial charge on any atom is 0.176 e. The molecule has 1 saturated heterocycles. The number of ketones is 1. The molecule has 0 spiro atoms. The zero-order valence-electron chi connectivity index (χ0n) is 9.03. The van der Waals surface area contributed by atoms with Gasteiger partial charge in [-0.2, -0.15) is 11.8 Å². The molecule has 1 aromatic carbocycles. The summed E-state index contributed by atoms with van der Waals surface area (Å²) in [6, 6.07) is 7.90. The van der Waals surface area contributed by atoms with E-state index in [1.165, 1.54) is 12.8 Å². The third-order valence-corrected chi connectivity index (χ3v) is 4.26. The summed E-state index contributed by atoms with van der Waals surface area (Å²) in [5.74, 6) is 1.47. The molecule has 0 N–H and O–H groups in total. The molecule has 0 saturated carbocycles. The quantitative estimate of drug-likeness (QED) is 0.710.